The molecule has 0 spiro atoms. The number of piperazine rings is 1. The predicted molar refractivity (Wildman–Crippen MR) is 120 cm³/mol. The number of carbonyl (C=O) groups excluding carboxylic acids is 1. The Morgan fingerprint density at radius 1 is 1.13 bits per heavy atom. The minimum atomic E-state index is -0.0691. The van der Waals surface area contributed by atoms with Crippen LogP contribution in [0.4, 0.5) is 11.5 Å². The van der Waals surface area contributed by atoms with E-state index in [4.69, 9.17) is 4.74 Å². The van der Waals surface area contributed by atoms with Crippen molar-refractivity contribution in [1.29, 1.82) is 0 Å². The van der Waals surface area contributed by atoms with Crippen molar-refractivity contribution < 1.29 is 9.53 Å². The molecule has 3 rings (SSSR count). The maximum Gasteiger partial charge on any atom is 0.227 e. The summed E-state index contributed by atoms with van der Waals surface area (Å²) in [4.78, 5) is 25.4. The number of aliphatic imine (C=N–C) groups is 1. The maximum atomic E-state index is 12.2. The fourth-order valence-corrected chi connectivity index (χ4v) is 3.41. The Balaban J connectivity index is 1.42. The molecule has 0 saturated carbocycles. The molecule has 2 heterocycles. The third kappa shape index (κ3) is 5.85. The molecule has 0 radical (unpaired) electrons. The van der Waals surface area contributed by atoms with Crippen molar-refractivity contribution in [2.24, 2.45) is 4.99 Å². The number of amides is 1. The number of pyridine rings is 1. The van der Waals surface area contributed by atoms with Gasteiger partial charge >= 0.3 is 0 Å². The van der Waals surface area contributed by atoms with Gasteiger partial charge in [0.1, 0.15) is 11.6 Å². The summed E-state index contributed by atoms with van der Waals surface area (Å²) in [5.74, 6) is 2.20. The van der Waals surface area contributed by atoms with Gasteiger partial charge in [0.05, 0.1) is 7.11 Å². The summed E-state index contributed by atoms with van der Waals surface area (Å²) in [6, 6.07) is 13.7. The Morgan fingerprint density at radius 2 is 1.87 bits per heavy atom. The molecule has 1 aromatic heterocycles. The number of guanidine groups is 1. The van der Waals surface area contributed by atoms with Crippen molar-refractivity contribution in [3.63, 3.8) is 0 Å². The number of ether oxygens (including phenoxy) is 1. The van der Waals surface area contributed by atoms with Crippen LogP contribution < -0.4 is 20.3 Å². The number of nitrogens with one attached hydrogen (secondary N) is 2. The highest BCUT2D eigenvalue weighted by Gasteiger charge is 2.20. The molecule has 0 bridgehead atoms. The van der Waals surface area contributed by atoms with E-state index in [9.17, 15) is 4.79 Å². The minimum Gasteiger partial charge on any atom is -0.497 e. The molecule has 0 aliphatic carbocycles. The van der Waals surface area contributed by atoms with Crippen LogP contribution >= 0.6 is 0 Å². The molecule has 160 valence electrons. The lowest BCUT2D eigenvalue weighted by Gasteiger charge is -2.37. The van der Waals surface area contributed by atoms with Crippen LogP contribution in [0.25, 0.3) is 0 Å². The fourth-order valence-electron chi connectivity index (χ4n) is 3.41. The zero-order valence-corrected chi connectivity index (χ0v) is 17.9. The third-order valence-corrected chi connectivity index (χ3v) is 5.02. The molecule has 2 aromatic rings. The van der Waals surface area contributed by atoms with E-state index >= 15 is 0 Å². The van der Waals surface area contributed by atoms with E-state index in [0.717, 1.165) is 43.6 Å². The number of methoxy groups -OCH3 is 1. The molecular weight excluding hydrogens is 380 g/mol. The summed E-state index contributed by atoms with van der Waals surface area (Å²) in [7, 11) is 3.45. The van der Waals surface area contributed by atoms with Crippen LogP contribution in [-0.4, -0.2) is 68.6 Å². The Morgan fingerprint density at radius 3 is 2.50 bits per heavy atom. The highest BCUT2D eigenvalue weighted by Crippen LogP contribution is 2.20. The van der Waals surface area contributed by atoms with Gasteiger partial charge in [-0.3, -0.25) is 9.79 Å². The Bertz CT molecular complexity index is 860. The number of anilines is 2. The van der Waals surface area contributed by atoms with Crippen molar-refractivity contribution in [2.45, 2.75) is 13.3 Å². The number of aryl methyl sites for hydroxylation is 1. The number of nitrogens with zero attached hydrogens (tertiary/aromatic N) is 4. The molecule has 0 unspecified atom stereocenters. The van der Waals surface area contributed by atoms with E-state index in [1.807, 2.05) is 31.2 Å². The van der Waals surface area contributed by atoms with E-state index in [2.05, 4.69) is 42.5 Å². The van der Waals surface area contributed by atoms with Gasteiger partial charge in [-0.15, -0.1) is 0 Å². The summed E-state index contributed by atoms with van der Waals surface area (Å²) in [6.07, 6.45) is 0.348. The van der Waals surface area contributed by atoms with E-state index in [0.29, 0.717) is 18.8 Å². The summed E-state index contributed by atoms with van der Waals surface area (Å²) in [5.41, 5.74) is 2.07. The molecule has 1 aliphatic rings. The molecule has 30 heavy (non-hydrogen) atoms. The first kappa shape index (κ1) is 21.4. The summed E-state index contributed by atoms with van der Waals surface area (Å²) < 4.78 is 5.23. The van der Waals surface area contributed by atoms with Crippen LogP contribution in [0.5, 0.6) is 5.75 Å². The van der Waals surface area contributed by atoms with E-state index in [-0.39, 0.29) is 5.91 Å². The lowest BCUT2D eigenvalue weighted by molar-refractivity contribution is -0.116. The number of carbonyl (C=O) groups is 1. The fraction of sp³-hybridized carbons (Fsp3) is 0.409. The average Bonchev–Trinajstić information content (AvgIpc) is 2.77. The first-order chi connectivity index (χ1) is 14.6. The minimum absolute atomic E-state index is 0.0691. The van der Waals surface area contributed by atoms with Gasteiger partial charge in [-0.1, -0.05) is 6.07 Å². The van der Waals surface area contributed by atoms with Gasteiger partial charge in [-0.25, -0.2) is 4.98 Å². The molecule has 1 fully saturated rings. The number of rotatable bonds is 6. The van der Waals surface area contributed by atoms with Crippen molar-refractivity contribution in [1.82, 2.24) is 15.2 Å². The summed E-state index contributed by atoms with van der Waals surface area (Å²) >= 11 is 0. The lowest BCUT2D eigenvalue weighted by atomic mass is 10.2. The van der Waals surface area contributed by atoms with Crippen LogP contribution in [0.3, 0.4) is 0 Å². The van der Waals surface area contributed by atoms with E-state index in [1.165, 1.54) is 5.69 Å². The van der Waals surface area contributed by atoms with Crippen LogP contribution in [0, 0.1) is 6.92 Å². The van der Waals surface area contributed by atoms with Gasteiger partial charge in [0.25, 0.3) is 0 Å². The standard InChI is InChI=1S/C22H30N6O2/c1-17-5-4-6-20(25-17)26-21(29)11-12-24-22(23-2)28-15-13-27(14-16-28)18-7-9-19(30-3)10-8-18/h4-10H,11-16H2,1-3H3,(H,23,24)(H,25,26,29). The van der Waals surface area contributed by atoms with Crippen LogP contribution in [0.1, 0.15) is 12.1 Å². The first-order valence-electron chi connectivity index (χ1n) is 10.2. The van der Waals surface area contributed by atoms with Crippen molar-refractivity contribution in [3.05, 3.63) is 48.2 Å². The second-order valence-electron chi connectivity index (χ2n) is 7.11. The van der Waals surface area contributed by atoms with Gasteiger partial charge in [0.15, 0.2) is 5.96 Å². The molecule has 1 saturated heterocycles. The zero-order valence-electron chi connectivity index (χ0n) is 17.9. The van der Waals surface area contributed by atoms with Gasteiger partial charge in [0.2, 0.25) is 5.91 Å². The molecule has 2 N–H and O–H groups in total. The quantitative estimate of drug-likeness (QED) is 0.561. The van der Waals surface area contributed by atoms with Gasteiger partial charge < -0.3 is 25.2 Å². The number of hydrogen-bond acceptors (Lipinski definition) is 5. The molecule has 8 nitrogen and oxygen atoms in total. The third-order valence-electron chi connectivity index (χ3n) is 5.02. The predicted octanol–water partition coefficient (Wildman–Crippen LogP) is 2.12. The number of hydrogen-bond donors (Lipinski definition) is 2. The van der Waals surface area contributed by atoms with Crippen LogP contribution in [0.2, 0.25) is 0 Å². The molecular formula is C22H30N6O2. The highest BCUT2D eigenvalue weighted by atomic mass is 16.5. The maximum absolute atomic E-state index is 12.2. The molecule has 1 amide bonds. The smallest absolute Gasteiger partial charge is 0.227 e. The average molecular weight is 411 g/mol. The van der Waals surface area contributed by atoms with Crippen molar-refractivity contribution in [2.75, 3.05) is 57.1 Å². The topological polar surface area (TPSA) is 82.1 Å². The summed E-state index contributed by atoms with van der Waals surface area (Å²) in [6.45, 7) is 5.97. The number of benzene rings is 1. The lowest BCUT2D eigenvalue weighted by Crippen LogP contribution is -2.52. The molecule has 1 aromatic carbocycles. The Labute approximate surface area is 178 Å². The zero-order chi connectivity index (χ0) is 21.3. The molecule has 1 aliphatic heterocycles. The Kier molecular flexibility index (Phi) is 7.48. The molecule has 0 atom stereocenters. The number of aromatic nitrogens is 1. The summed E-state index contributed by atoms with van der Waals surface area (Å²) in [5, 5.41) is 6.12. The monoisotopic (exact) mass is 410 g/mol. The van der Waals surface area contributed by atoms with Gasteiger partial charge in [-0.2, -0.15) is 0 Å². The van der Waals surface area contributed by atoms with Crippen molar-refractivity contribution >= 4 is 23.4 Å². The second kappa shape index (κ2) is 10.5. The van der Waals surface area contributed by atoms with E-state index < -0.39 is 0 Å². The molecule has 8 heteroatoms. The normalized spacial score (nSPS) is 14.4. The van der Waals surface area contributed by atoms with Crippen LogP contribution in [-0.2, 0) is 4.79 Å². The Hall–Kier alpha value is -3.29. The van der Waals surface area contributed by atoms with Gasteiger partial charge in [-0.05, 0) is 43.3 Å². The largest absolute Gasteiger partial charge is 0.497 e. The van der Waals surface area contributed by atoms with Gasteiger partial charge in [0, 0.05) is 57.6 Å². The van der Waals surface area contributed by atoms with E-state index in [1.54, 1.807) is 20.2 Å². The first-order valence-corrected chi connectivity index (χ1v) is 10.2. The second-order valence-corrected chi connectivity index (χ2v) is 7.11. The van der Waals surface area contributed by atoms with Crippen LogP contribution in [0.15, 0.2) is 47.5 Å². The highest BCUT2D eigenvalue weighted by molar-refractivity contribution is 5.90. The van der Waals surface area contributed by atoms with Crippen molar-refractivity contribution in [3.8, 4) is 5.75 Å². The SMILES string of the molecule is CN=C(NCCC(=O)Nc1cccc(C)n1)N1CCN(c2ccc(OC)cc2)CC1.